The molecule has 6 heteroatoms. The summed E-state index contributed by atoms with van der Waals surface area (Å²) in [6.45, 7) is 0. The highest BCUT2D eigenvalue weighted by Crippen LogP contribution is 2.14. The van der Waals surface area contributed by atoms with E-state index in [2.05, 4.69) is 10.6 Å². The van der Waals surface area contributed by atoms with Crippen molar-refractivity contribution in [3.63, 3.8) is 0 Å². The molecule has 0 aromatic heterocycles. The van der Waals surface area contributed by atoms with Gasteiger partial charge in [0.05, 0.1) is 11.5 Å². The monoisotopic (exact) mass is 346 g/mol. The number of anilines is 2. The lowest BCUT2D eigenvalue weighted by atomic mass is 10.3. The maximum atomic E-state index is 11.7. The Hall–Kier alpha value is -1.92. The molecule has 2 aromatic carbocycles. The van der Waals surface area contributed by atoms with Gasteiger partial charge < -0.3 is 10.6 Å². The van der Waals surface area contributed by atoms with Gasteiger partial charge in [-0.3, -0.25) is 9.59 Å². The predicted octanol–water partition coefficient (Wildman–Crippen LogP) is 3.69. The molecule has 2 amide bonds. The number of para-hydroxylation sites is 2. The van der Waals surface area contributed by atoms with E-state index in [1.807, 2.05) is 60.7 Å². The summed E-state index contributed by atoms with van der Waals surface area (Å²) in [7, 11) is 0. The molecule has 0 bridgehead atoms. The van der Waals surface area contributed by atoms with Crippen molar-refractivity contribution in [2.45, 2.75) is 0 Å². The zero-order valence-electron chi connectivity index (χ0n) is 12.5. The van der Waals surface area contributed by atoms with Crippen LogP contribution in [0.25, 0.3) is 0 Å². The average Bonchev–Trinajstić information content (AvgIpc) is 2.56. The lowest BCUT2D eigenvalue weighted by molar-refractivity contribution is -0.114. The van der Waals surface area contributed by atoms with Crippen LogP contribution in [0.2, 0.25) is 0 Å². The molecular formula is C17H18N2O2S2. The summed E-state index contributed by atoms with van der Waals surface area (Å²) in [6, 6.07) is 18.7. The van der Waals surface area contributed by atoms with E-state index in [-0.39, 0.29) is 11.8 Å². The summed E-state index contributed by atoms with van der Waals surface area (Å²) >= 11 is 3.00. The van der Waals surface area contributed by atoms with Crippen LogP contribution in [0.1, 0.15) is 0 Å². The zero-order chi connectivity index (χ0) is 16.3. The van der Waals surface area contributed by atoms with Crippen molar-refractivity contribution >= 4 is 46.7 Å². The van der Waals surface area contributed by atoms with Crippen molar-refractivity contribution in [1.29, 1.82) is 0 Å². The first kappa shape index (κ1) is 17.4. The summed E-state index contributed by atoms with van der Waals surface area (Å²) in [5.74, 6) is 0.691. The van der Waals surface area contributed by atoms with Gasteiger partial charge in [-0.25, -0.2) is 0 Å². The lowest BCUT2D eigenvalue weighted by Gasteiger charge is -2.06. The number of rotatable bonds is 8. The van der Waals surface area contributed by atoms with Crippen LogP contribution in [0, 0.1) is 0 Å². The van der Waals surface area contributed by atoms with Crippen LogP contribution in [0.15, 0.2) is 60.7 Å². The third-order valence-electron chi connectivity index (χ3n) is 2.75. The summed E-state index contributed by atoms with van der Waals surface area (Å²) in [5, 5.41) is 6.35. The largest absolute Gasteiger partial charge is 0.325 e. The van der Waals surface area contributed by atoms with Crippen LogP contribution in [0.5, 0.6) is 0 Å². The molecule has 0 aliphatic carbocycles. The Balaban J connectivity index is 1.55. The third kappa shape index (κ3) is 7.25. The molecule has 0 unspecified atom stereocenters. The quantitative estimate of drug-likeness (QED) is 0.565. The maximum absolute atomic E-state index is 11.7. The number of benzene rings is 2. The minimum Gasteiger partial charge on any atom is -0.325 e. The SMILES string of the molecule is O=C(CSCSCC(=O)Nc1ccccc1)Nc1ccccc1. The minimum absolute atomic E-state index is 0.0319. The fourth-order valence-electron chi connectivity index (χ4n) is 1.76. The van der Waals surface area contributed by atoms with E-state index in [0.29, 0.717) is 16.6 Å². The van der Waals surface area contributed by atoms with Gasteiger partial charge in [0, 0.05) is 16.5 Å². The molecule has 2 aromatic rings. The molecule has 2 rings (SSSR count). The molecule has 23 heavy (non-hydrogen) atoms. The molecule has 0 aliphatic rings. The molecule has 0 heterocycles. The van der Waals surface area contributed by atoms with Gasteiger partial charge in [0.25, 0.3) is 0 Å². The van der Waals surface area contributed by atoms with Crippen molar-refractivity contribution in [2.75, 3.05) is 27.2 Å². The van der Waals surface area contributed by atoms with Gasteiger partial charge in [-0.05, 0) is 24.3 Å². The fourth-order valence-corrected chi connectivity index (χ4v) is 3.42. The Morgan fingerprint density at radius 2 is 1.09 bits per heavy atom. The fraction of sp³-hybridized carbons (Fsp3) is 0.176. The predicted molar refractivity (Wildman–Crippen MR) is 99.9 cm³/mol. The van der Waals surface area contributed by atoms with Gasteiger partial charge in [0.2, 0.25) is 11.8 Å². The van der Waals surface area contributed by atoms with Crippen LogP contribution in [-0.2, 0) is 9.59 Å². The van der Waals surface area contributed by atoms with Crippen LogP contribution in [0.3, 0.4) is 0 Å². The lowest BCUT2D eigenvalue weighted by Crippen LogP contribution is -2.15. The second-order valence-corrected chi connectivity index (χ2v) is 6.98. The van der Waals surface area contributed by atoms with Gasteiger partial charge in [-0.2, -0.15) is 0 Å². The highest BCUT2D eigenvalue weighted by Gasteiger charge is 2.04. The zero-order valence-corrected chi connectivity index (χ0v) is 14.2. The molecule has 120 valence electrons. The topological polar surface area (TPSA) is 58.2 Å². The number of nitrogens with one attached hydrogen (secondary N) is 2. The van der Waals surface area contributed by atoms with E-state index in [0.717, 1.165) is 11.4 Å². The molecule has 0 saturated carbocycles. The smallest absolute Gasteiger partial charge is 0.234 e. The second-order valence-electron chi connectivity index (χ2n) is 4.64. The van der Waals surface area contributed by atoms with Crippen molar-refractivity contribution in [3.05, 3.63) is 60.7 Å². The Morgan fingerprint density at radius 1 is 0.696 bits per heavy atom. The molecule has 0 fully saturated rings. The standard InChI is InChI=1S/C17H18N2O2S2/c20-16(18-14-7-3-1-4-8-14)11-22-13-23-12-17(21)19-15-9-5-2-6-10-15/h1-10H,11-13H2,(H,18,20)(H,19,21). The molecule has 4 nitrogen and oxygen atoms in total. The first-order chi connectivity index (χ1) is 11.2. The van der Waals surface area contributed by atoms with E-state index in [4.69, 9.17) is 0 Å². The van der Waals surface area contributed by atoms with Crippen LogP contribution < -0.4 is 10.6 Å². The number of carbonyl (C=O) groups is 2. The molecule has 0 atom stereocenters. The van der Waals surface area contributed by atoms with Crippen molar-refractivity contribution in [3.8, 4) is 0 Å². The van der Waals surface area contributed by atoms with Gasteiger partial charge in [0.15, 0.2) is 0 Å². The molecule has 0 radical (unpaired) electrons. The first-order valence-electron chi connectivity index (χ1n) is 7.09. The molecule has 0 saturated heterocycles. The summed E-state index contributed by atoms with van der Waals surface area (Å²) in [4.78, 5) is 23.5. The summed E-state index contributed by atoms with van der Waals surface area (Å²) in [5.41, 5.74) is 1.60. The summed E-state index contributed by atoms with van der Waals surface area (Å²) in [6.07, 6.45) is 0. The number of thioether (sulfide) groups is 2. The number of amides is 2. The highest BCUT2D eigenvalue weighted by molar-refractivity contribution is 8.16. The van der Waals surface area contributed by atoms with E-state index < -0.39 is 0 Å². The number of hydrogen-bond acceptors (Lipinski definition) is 4. The number of carbonyl (C=O) groups excluding carboxylic acids is 2. The normalized spacial score (nSPS) is 10.1. The van der Waals surface area contributed by atoms with Crippen LogP contribution in [0.4, 0.5) is 11.4 Å². The highest BCUT2D eigenvalue weighted by atomic mass is 32.2. The Bertz CT molecular complexity index is 566. The van der Waals surface area contributed by atoms with Crippen molar-refractivity contribution in [1.82, 2.24) is 0 Å². The van der Waals surface area contributed by atoms with Gasteiger partial charge in [0.1, 0.15) is 0 Å². The maximum Gasteiger partial charge on any atom is 0.234 e. The first-order valence-corrected chi connectivity index (χ1v) is 9.40. The van der Waals surface area contributed by atoms with E-state index in [9.17, 15) is 9.59 Å². The number of hydrogen-bond donors (Lipinski definition) is 2. The van der Waals surface area contributed by atoms with Gasteiger partial charge in [-0.15, -0.1) is 23.5 Å². The van der Waals surface area contributed by atoms with Crippen LogP contribution in [-0.4, -0.2) is 28.4 Å². The summed E-state index contributed by atoms with van der Waals surface area (Å²) < 4.78 is 0. The Morgan fingerprint density at radius 3 is 1.48 bits per heavy atom. The Labute approximate surface area is 144 Å². The van der Waals surface area contributed by atoms with Gasteiger partial charge in [-0.1, -0.05) is 36.4 Å². The van der Waals surface area contributed by atoms with Crippen LogP contribution >= 0.6 is 23.5 Å². The molecular weight excluding hydrogens is 328 g/mol. The van der Waals surface area contributed by atoms with Crippen molar-refractivity contribution in [2.24, 2.45) is 0 Å². The molecule has 2 N–H and O–H groups in total. The average molecular weight is 346 g/mol. The third-order valence-corrected chi connectivity index (χ3v) is 5.01. The van der Waals surface area contributed by atoms with Crippen molar-refractivity contribution < 1.29 is 9.59 Å². The Kier molecular flexibility index (Phi) is 7.56. The van der Waals surface area contributed by atoms with Gasteiger partial charge >= 0.3 is 0 Å². The minimum atomic E-state index is -0.0319. The van der Waals surface area contributed by atoms with E-state index in [1.54, 1.807) is 0 Å². The molecule has 0 aliphatic heterocycles. The van der Waals surface area contributed by atoms with E-state index in [1.165, 1.54) is 23.5 Å². The molecule has 0 spiro atoms. The second kappa shape index (κ2) is 9.97. The van der Waals surface area contributed by atoms with E-state index >= 15 is 0 Å².